The van der Waals surface area contributed by atoms with Gasteiger partial charge in [-0.15, -0.1) is 13.5 Å². The highest BCUT2D eigenvalue weighted by Gasteiger charge is 2.45. The first kappa shape index (κ1) is 36.0. The van der Waals surface area contributed by atoms with Crippen molar-refractivity contribution in [1.82, 2.24) is 0 Å². The summed E-state index contributed by atoms with van der Waals surface area (Å²) < 4.78 is 60.0. The normalized spacial score (nSPS) is 20.0. The Labute approximate surface area is 311 Å². The van der Waals surface area contributed by atoms with E-state index in [1.54, 1.807) is 97.1 Å². The van der Waals surface area contributed by atoms with E-state index in [0.29, 0.717) is 34.5 Å². The van der Waals surface area contributed by atoms with Crippen LogP contribution in [0.1, 0.15) is 0 Å². The Morgan fingerprint density at radius 1 is 0.269 bits per heavy atom. The molecule has 264 valence electrons. The first-order valence-corrected chi connectivity index (χ1v) is 23.8. The third-order valence-electron chi connectivity index (χ3n) is 6.69. The molecule has 6 aromatic carbocycles. The van der Waals surface area contributed by atoms with Gasteiger partial charge in [-0.3, -0.25) is 0 Å². The zero-order valence-electron chi connectivity index (χ0n) is 27.1. The minimum atomic E-state index is -4.14. The van der Waals surface area contributed by atoms with Gasteiger partial charge < -0.3 is 27.1 Å². The van der Waals surface area contributed by atoms with Crippen molar-refractivity contribution in [3.8, 4) is 34.5 Å². The summed E-state index contributed by atoms with van der Waals surface area (Å²) >= 11 is 14.9. The molecule has 0 spiro atoms. The zero-order chi connectivity index (χ0) is 35.7. The lowest BCUT2D eigenvalue weighted by Crippen LogP contribution is -2.06. The van der Waals surface area contributed by atoms with Crippen molar-refractivity contribution >= 4 is 51.4 Å². The molecule has 6 aromatic rings. The second-order valence-electron chi connectivity index (χ2n) is 10.7. The molecule has 52 heavy (non-hydrogen) atoms. The van der Waals surface area contributed by atoms with Crippen molar-refractivity contribution < 1.29 is 27.1 Å². The van der Waals surface area contributed by atoms with Gasteiger partial charge in [-0.05, 0) is 95.3 Å². The summed E-state index contributed by atoms with van der Waals surface area (Å²) in [6.45, 7) is -8.00. The maximum atomic E-state index is 7.46. The number of benzene rings is 6. The quantitative estimate of drug-likeness (QED) is 0.114. The highest BCUT2D eigenvalue weighted by molar-refractivity contribution is 7.99. The number of hydrogen-bond acceptors (Lipinski definition) is 10. The first-order valence-electron chi connectivity index (χ1n) is 15.7. The fourth-order valence-electron chi connectivity index (χ4n) is 4.59. The number of halogens is 2. The van der Waals surface area contributed by atoms with Crippen LogP contribution >= 0.6 is 51.4 Å². The molecular formula is C36H30Cl2N4O6P4. The standard InChI is InChI=1S/C36H30Cl2N4O6P4/c37-49(43-31-19-7-1-8-20-31)39-50(38,44-32-21-9-2-10-22-32)41-52(47-35-27-15-5-16-28-35,48-36-29-17-6-18-30-36)42-51(40-49,45-33-23-11-3-12-24-33)46-34-25-13-4-14-26-34/h1-30H. The van der Waals surface area contributed by atoms with E-state index < -0.39 is 28.9 Å². The van der Waals surface area contributed by atoms with Crippen LogP contribution in [0.3, 0.4) is 0 Å². The van der Waals surface area contributed by atoms with E-state index in [0.717, 1.165) is 0 Å². The number of hydrogen-bond donors (Lipinski definition) is 0. The van der Waals surface area contributed by atoms with Crippen molar-refractivity contribution in [2.45, 2.75) is 0 Å². The maximum absolute atomic E-state index is 7.46. The van der Waals surface area contributed by atoms with Crippen LogP contribution in [-0.4, -0.2) is 0 Å². The first-order chi connectivity index (χ1) is 25.3. The summed E-state index contributed by atoms with van der Waals surface area (Å²) in [7, 11) is -8.28. The molecule has 2 unspecified atom stereocenters. The van der Waals surface area contributed by atoms with Gasteiger partial charge in [-0.1, -0.05) is 114 Å². The molecule has 0 aliphatic carbocycles. The van der Waals surface area contributed by atoms with Gasteiger partial charge in [0.25, 0.3) is 0 Å². The van der Waals surface area contributed by atoms with Crippen molar-refractivity contribution in [3.05, 3.63) is 182 Å². The van der Waals surface area contributed by atoms with E-state index in [1.807, 2.05) is 84.9 Å². The van der Waals surface area contributed by atoms with E-state index in [4.69, 9.17) is 67.7 Å². The minimum Gasteiger partial charge on any atom is -0.431 e. The van der Waals surface area contributed by atoms with Crippen LogP contribution in [0.25, 0.3) is 0 Å². The van der Waals surface area contributed by atoms with Crippen LogP contribution in [0.2, 0.25) is 0 Å². The molecule has 1 aliphatic rings. The molecule has 0 N–H and O–H groups in total. The Morgan fingerprint density at radius 3 is 0.788 bits per heavy atom. The van der Waals surface area contributed by atoms with Crippen LogP contribution in [0.5, 0.6) is 34.5 Å². The second kappa shape index (κ2) is 16.1. The van der Waals surface area contributed by atoms with Crippen molar-refractivity contribution in [2.75, 3.05) is 0 Å². The van der Waals surface area contributed by atoms with Crippen molar-refractivity contribution in [2.24, 2.45) is 18.1 Å². The fourth-order valence-corrected chi connectivity index (χ4v) is 19.1. The number of rotatable bonds is 12. The predicted octanol–water partition coefficient (Wildman–Crippen LogP) is 14.7. The van der Waals surface area contributed by atoms with E-state index in [-0.39, 0.29) is 0 Å². The van der Waals surface area contributed by atoms with E-state index in [1.165, 1.54) is 0 Å². The third kappa shape index (κ3) is 9.53. The summed E-state index contributed by atoms with van der Waals surface area (Å²) in [6.07, 6.45) is 0. The second-order valence-corrected chi connectivity index (χ2v) is 21.2. The average Bonchev–Trinajstić information content (AvgIpc) is 3.13. The molecule has 0 bridgehead atoms. The van der Waals surface area contributed by atoms with Gasteiger partial charge in [0, 0.05) is 0 Å². The average molecular weight is 809 g/mol. The van der Waals surface area contributed by atoms with E-state index in [2.05, 4.69) is 0 Å². The monoisotopic (exact) mass is 808 g/mol. The lowest BCUT2D eigenvalue weighted by atomic mass is 10.3. The molecule has 1 heterocycles. The largest absolute Gasteiger partial charge is 0.459 e. The maximum Gasteiger partial charge on any atom is 0.459 e. The Bertz CT molecular complexity index is 2110. The highest BCUT2D eigenvalue weighted by atomic mass is 35.7. The van der Waals surface area contributed by atoms with E-state index in [9.17, 15) is 0 Å². The Balaban J connectivity index is 1.58. The van der Waals surface area contributed by atoms with Gasteiger partial charge in [-0.25, -0.2) is 0 Å². The van der Waals surface area contributed by atoms with Crippen LogP contribution in [0.15, 0.2) is 200 Å². The lowest BCUT2D eigenvalue weighted by Gasteiger charge is -2.30. The van der Waals surface area contributed by atoms with E-state index >= 15 is 0 Å². The van der Waals surface area contributed by atoms with Gasteiger partial charge in [0.05, 0.1) is 0 Å². The molecule has 0 saturated carbocycles. The Hall–Kier alpha value is -4.38. The van der Waals surface area contributed by atoms with Crippen molar-refractivity contribution in [3.63, 3.8) is 0 Å². The van der Waals surface area contributed by atoms with Gasteiger partial charge in [-0.2, -0.15) is 0 Å². The molecule has 7 rings (SSSR count). The third-order valence-corrected chi connectivity index (χ3v) is 19.4. The van der Waals surface area contributed by atoms with Crippen LogP contribution in [-0.2, 0) is 0 Å². The molecule has 0 saturated heterocycles. The van der Waals surface area contributed by atoms with Crippen LogP contribution in [0, 0.1) is 0 Å². The Morgan fingerprint density at radius 2 is 0.500 bits per heavy atom. The fraction of sp³-hybridized carbons (Fsp3) is 0. The zero-order valence-corrected chi connectivity index (χ0v) is 32.2. The smallest absolute Gasteiger partial charge is 0.431 e. The molecule has 0 fully saturated rings. The molecule has 10 nitrogen and oxygen atoms in total. The number of nitrogens with zero attached hydrogens (tertiary/aromatic N) is 4. The molecular weight excluding hydrogens is 779 g/mol. The van der Waals surface area contributed by atoms with Gasteiger partial charge in [0.2, 0.25) is 0 Å². The molecule has 0 amide bonds. The van der Waals surface area contributed by atoms with Gasteiger partial charge >= 0.3 is 28.9 Å². The summed E-state index contributed by atoms with van der Waals surface area (Å²) in [5.41, 5.74) is 0. The van der Waals surface area contributed by atoms with Crippen molar-refractivity contribution in [1.29, 1.82) is 0 Å². The highest BCUT2D eigenvalue weighted by Crippen LogP contribution is 2.81. The molecule has 2 atom stereocenters. The number of para-hydroxylation sites is 6. The summed E-state index contributed by atoms with van der Waals surface area (Å²) in [5, 5.41) is 0. The summed E-state index contributed by atoms with van der Waals surface area (Å²) in [4.78, 5) is 0. The molecule has 16 heteroatoms. The van der Waals surface area contributed by atoms with Crippen LogP contribution in [0.4, 0.5) is 0 Å². The molecule has 0 radical (unpaired) electrons. The summed E-state index contributed by atoms with van der Waals surface area (Å²) in [5.74, 6) is 2.20. The molecule has 1 aliphatic heterocycles. The molecule has 0 aromatic heterocycles. The van der Waals surface area contributed by atoms with Crippen LogP contribution < -0.4 is 27.1 Å². The topological polar surface area (TPSA) is 105 Å². The summed E-state index contributed by atoms with van der Waals surface area (Å²) in [6, 6.07) is 53.6. The van der Waals surface area contributed by atoms with Gasteiger partial charge in [0.15, 0.2) is 0 Å². The lowest BCUT2D eigenvalue weighted by molar-refractivity contribution is 0.460. The Kier molecular flexibility index (Phi) is 11.1. The SMILES string of the molecule is ClP1(Oc2ccccc2)=NP(Cl)(Oc2ccccc2)=NP(Oc2ccccc2)(Oc2ccccc2)=NP(Oc2ccccc2)(Oc2ccccc2)=N1. The predicted molar refractivity (Wildman–Crippen MR) is 212 cm³/mol. The van der Waals surface area contributed by atoms with Gasteiger partial charge in [0.1, 0.15) is 34.5 Å². The minimum absolute atomic E-state index is 0.362.